The number of aromatic amines is 2. The quantitative estimate of drug-likeness (QED) is 0.181. The fourth-order valence-corrected chi connectivity index (χ4v) is 7.80. The zero-order valence-electron chi connectivity index (χ0n) is 23.5. The van der Waals surface area contributed by atoms with Crippen LogP contribution in [0.1, 0.15) is 22.8 Å². The van der Waals surface area contributed by atoms with Gasteiger partial charge in [-0.2, -0.15) is 39.4 Å². The van der Waals surface area contributed by atoms with Gasteiger partial charge >= 0.3 is 0 Å². The van der Waals surface area contributed by atoms with Crippen molar-refractivity contribution in [3.8, 4) is 33.4 Å². The number of aromatic nitrogens is 4. The standard InChI is InChI=1S/C32H20N4S3.C4H3S.Co/c1-3-24-30(19-9-12-37-16-19)26-5-7-28(35-26)32(21-11-14-39-18-21)29-8-6-27(36-29)31(20-10-13-38-17-20)25-4-2-23(34-25)15-22(1)33-24;1-2-4-5-3-1;/h1-18,33,36H;1,3-4H;/q;-1;. The van der Waals surface area contributed by atoms with Gasteiger partial charge in [0.2, 0.25) is 0 Å². The molecule has 9 heterocycles. The van der Waals surface area contributed by atoms with Crippen LogP contribution < -0.4 is 0 Å². The molecule has 0 unspecified atom stereocenters. The first-order valence-electron chi connectivity index (χ1n) is 13.9. The van der Waals surface area contributed by atoms with Crippen LogP contribution >= 0.6 is 45.3 Å². The summed E-state index contributed by atoms with van der Waals surface area (Å²) in [6, 6.07) is 21.9. The van der Waals surface area contributed by atoms with Gasteiger partial charge in [0, 0.05) is 55.5 Å². The van der Waals surface area contributed by atoms with Gasteiger partial charge < -0.3 is 9.97 Å². The second-order valence-corrected chi connectivity index (χ2v) is 13.2. The van der Waals surface area contributed by atoms with Gasteiger partial charge in [-0.1, -0.05) is 0 Å². The molecule has 4 nitrogen and oxygen atoms in total. The van der Waals surface area contributed by atoms with Crippen molar-refractivity contribution < 1.29 is 16.8 Å². The number of nitrogens with one attached hydrogen (secondary N) is 2. The molecule has 45 heavy (non-hydrogen) atoms. The summed E-state index contributed by atoms with van der Waals surface area (Å²) >= 11 is 6.74. The van der Waals surface area contributed by atoms with E-state index in [1.807, 2.05) is 16.8 Å². The van der Waals surface area contributed by atoms with E-state index >= 15 is 0 Å². The minimum atomic E-state index is 0. The van der Waals surface area contributed by atoms with Gasteiger partial charge in [-0.15, -0.1) is 5.38 Å². The smallest absolute Gasteiger partial charge is 0.0737 e. The Balaban J connectivity index is 0.000000497. The molecule has 0 aromatic carbocycles. The Bertz CT molecular complexity index is 2220. The summed E-state index contributed by atoms with van der Waals surface area (Å²) in [6.45, 7) is 0. The topological polar surface area (TPSA) is 57.4 Å². The Hall–Kier alpha value is -4.09. The predicted molar refractivity (Wildman–Crippen MR) is 192 cm³/mol. The summed E-state index contributed by atoms with van der Waals surface area (Å²) in [6.07, 6.45) is 8.46. The molecule has 0 saturated heterocycles. The van der Waals surface area contributed by atoms with Crippen LogP contribution in [-0.4, -0.2) is 19.9 Å². The van der Waals surface area contributed by atoms with Crippen molar-refractivity contribution in [1.29, 1.82) is 0 Å². The molecule has 7 aromatic rings. The molecule has 9 rings (SSSR count). The van der Waals surface area contributed by atoms with Gasteiger partial charge in [-0.05, 0) is 122 Å². The number of hydrogen-bond donors (Lipinski definition) is 2. The Kier molecular flexibility index (Phi) is 8.62. The molecule has 0 amide bonds. The number of thiophene rings is 4. The fourth-order valence-electron chi connectivity index (χ4n) is 5.47. The number of fused-ring (bicyclic) bond motifs is 8. The normalized spacial score (nSPS) is 11.6. The van der Waals surface area contributed by atoms with Crippen molar-refractivity contribution in [2.75, 3.05) is 0 Å². The van der Waals surface area contributed by atoms with Crippen LogP contribution in [0.25, 0.3) is 79.8 Å². The first-order valence-corrected chi connectivity index (χ1v) is 17.7. The summed E-state index contributed by atoms with van der Waals surface area (Å²) in [7, 11) is 0. The minimum absolute atomic E-state index is 0. The van der Waals surface area contributed by atoms with Crippen LogP contribution in [0.3, 0.4) is 0 Å². The second-order valence-electron chi connectivity index (χ2n) is 10.1. The molecule has 8 bridgehead atoms. The fraction of sp³-hybridized carbons (Fsp3) is 0. The van der Waals surface area contributed by atoms with E-state index < -0.39 is 0 Å². The van der Waals surface area contributed by atoms with Gasteiger partial charge in [0.25, 0.3) is 0 Å². The monoisotopic (exact) mass is 698 g/mol. The van der Waals surface area contributed by atoms with E-state index in [1.54, 1.807) is 45.3 Å². The van der Waals surface area contributed by atoms with Crippen molar-refractivity contribution in [2.45, 2.75) is 0 Å². The third-order valence-electron chi connectivity index (χ3n) is 7.38. The number of nitrogens with zero attached hydrogens (tertiary/aromatic N) is 2. The maximum atomic E-state index is 5.23. The summed E-state index contributed by atoms with van der Waals surface area (Å²) in [5.41, 5.74) is 14.6. The molecule has 0 fully saturated rings. The van der Waals surface area contributed by atoms with E-state index in [0.29, 0.717) is 0 Å². The Morgan fingerprint density at radius 3 is 1.56 bits per heavy atom. The third-order valence-corrected chi connectivity index (χ3v) is 10.00. The third kappa shape index (κ3) is 5.98. The molecule has 0 saturated carbocycles. The predicted octanol–water partition coefficient (Wildman–Crippen LogP) is 11.4. The molecule has 2 aliphatic rings. The minimum Gasteiger partial charge on any atom is -0.355 e. The van der Waals surface area contributed by atoms with Gasteiger partial charge in [0.05, 0.1) is 22.8 Å². The van der Waals surface area contributed by atoms with Crippen molar-refractivity contribution in [2.24, 2.45) is 0 Å². The molecule has 0 atom stereocenters. The zero-order chi connectivity index (χ0) is 29.3. The van der Waals surface area contributed by atoms with E-state index in [4.69, 9.17) is 9.97 Å². The van der Waals surface area contributed by atoms with E-state index in [0.717, 1.165) is 78.2 Å². The molecule has 0 aliphatic carbocycles. The number of H-pyrrole nitrogens is 2. The Labute approximate surface area is 286 Å². The molecule has 9 heteroatoms. The van der Waals surface area contributed by atoms with E-state index in [2.05, 4.69) is 121 Å². The van der Waals surface area contributed by atoms with Crippen molar-refractivity contribution in [1.82, 2.24) is 19.9 Å². The molecular formula is C36H23CoN4S4-. The number of rotatable bonds is 3. The van der Waals surface area contributed by atoms with Crippen molar-refractivity contribution >= 4 is 91.7 Å². The van der Waals surface area contributed by atoms with Crippen molar-refractivity contribution in [3.63, 3.8) is 0 Å². The molecule has 7 aromatic heterocycles. The average Bonchev–Trinajstić information content (AvgIpc) is 3.90. The van der Waals surface area contributed by atoms with Gasteiger partial charge in [0.1, 0.15) is 0 Å². The first kappa shape index (κ1) is 29.6. The Morgan fingerprint density at radius 2 is 1.07 bits per heavy atom. The summed E-state index contributed by atoms with van der Waals surface area (Å²) in [5, 5.41) is 16.8. The van der Waals surface area contributed by atoms with E-state index in [9.17, 15) is 0 Å². The van der Waals surface area contributed by atoms with Crippen LogP contribution in [0, 0.1) is 6.07 Å². The van der Waals surface area contributed by atoms with Crippen molar-refractivity contribution in [3.05, 3.63) is 126 Å². The maximum Gasteiger partial charge on any atom is 0.0737 e. The molecule has 221 valence electrons. The second kappa shape index (κ2) is 13.1. The summed E-state index contributed by atoms with van der Waals surface area (Å²) in [5.74, 6) is 0. The van der Waals surface area contributed by atoms with E-state index in [1.165, 1.54) is 0 Å². The molecule has 2 N–H and O–H groups in total. The molecular weight excluding hydrogens is 676 g/mol. The molecule has 1 radical (unpaired) electrons. The van der Waals surface area contributed by atoms with Crippen LogP contribution in [0.4, 0.5) is 0 Å². The average molecular weight is 699 g/mol. The van der Waals surface area contributed by atoms with Crippen LogP contribution in [0.15, 0.2) is 97.6 Å². The summed E-state index contributed by atoms with van der Waals surface area (Å²) < 4.78 is 0. The van der Waals surface area contributed by atoms with Gasteiger partial charge in [-0.25, -0.2) is 22.1 Å². The zero-order valence-corrected chi connectivity index (χ0v) is 27.8. The SMILES string of the molecule is C1=Cc2nc1cc1ccc([nH]1)c(-c1ccsc1)c1nc(c(-c3ccsc3)c3ccc([nH]3)c2-c2ccsc2)C=C1.[Co].[c-]1ccsc1. The Morgan fingerprint density at radius 1 is 0.533 bits per heavy atom. The largest absolute Gasteiger partial charge is 0.355 e. The first-order chi connectivity index (χ1) is 21.8. The van der Waals surface area contributed by atoms with Crippen LogP contribution in [-0.2, 0) is 16.8 Å². The van der Waals surface area contributed by atoms with Gasteiger partial charge in [0.15, 0.2) is 0 Å². The molecule has 0 spiro atoms. The van der Waals surface area contributed by atoms with Gasteiger partial charge in [-0.3, -0.25) is 11.3 Å². The van der Waals surface area contributed by atoms with E-state index in [-0.39, 0.29) is 16.8 Å². The maximum absolute atomic E-state index is 5.23. The molecule has 2 aliphatic heterocycles. The summed E-state index contributed by atoms with van der Waals surface area (Å²) in [4.78, 5) is 17.6. The van der Waals surface area contributed by atoms with Crippen LogP contribution in [0.5, 0.6) is 0 Å². The number of hydrogen-bond acceptors (Lipinski definition) is 6. The van der Waals surface area contributed by atoms with Crippen LogP contribution in [0.2, 0.25) is 0 Å².